The van der Waals surface area contributed by atoms with Gasteiger partial charge in [-0.05, 0) is 45.1 Å². The van der Waals surface area contributed by atoms with Crippen LogP contribution in [0.25, 0.3) is 11.0 Å². The van der Waals surface area contributed by atoms with Gasteiger partial charge in [-0.25, -0.2) is 18.4 Å². The predicted octanol–water partition coefficient (Wildman–Crippen LogP) is 3.11. The molecule has 3 rings (SSSR count). The van der Waals surface area contributed by atoms with Crippen LogP contribution in [-0.2, 0) is 16.4 Å². The Balaban J connectivity index is 1.88. The lowest BCUT2D eigenvalue weighted by Crippen LogP contribution is -2.14. The molecule has 25 heavy (non-hydrogen) atoms. The molecule has 2 aromatic rings. The van der Waals surface area contributed by atoms with Gasteiger partial charge < -0.3 is 10.3 Å². The molecule has 2 N–H and O–H groups in total. The smallest absolute Gasteiger partial charge is 0.151 e. The third kappa shape index (κ3) is 3.81. The summed E-state index contributed by atoms with van der Waals surface area (Å²) in [6, 6.07) is 0. The third-order valence-corrected chi connectivity index (χ3v) is 6.84. The van der Waals surface area contributed by atoms with Gasteiger partial charge in [0.25, 0.3) is 0 Å². The number of nitrogens with zero attached hydrogens (tertiary/aromatic N) is 3. The zero-order chi connectivity index (χ0) is 18.2. The van der Waals surface area contributed by atoms with Gasteiger partial charge in [-0.1, -0.05) is 13.3 Å². The fourth-order valence-corrected chi connectivity index (χ4v) is 4.81. The SMILES string of the molecule is CCCCS(=O)(=O)CCCn1c(C2CC2)nc2c(N)nc(C)c(C)c21. The van der Waals surface area contributed by atoms with E-state index in [1.54, 1.807) is 0 Å². The van der Waals surface area contributed by atoms with Crippen LogP contribution in [0, 0.1) is 13.8 Å². The summed E-state index contributed by atoms with van der Waals surface area (Å²) >= 11 is 0. The number of nitrogen functional groups attached to an aromatic ring is 1. The molecule has 0 aromatic carbocycles. The highest BCUT2D eigenvalue weighted by Gasteiger charge is 2.31. The Labute approximate surface area is 149 Å². The normalized spacial score (nSPS) is 15.2. The van der Waals surface area contributed by atoms with Crippen LogP contribution >= 0.6 is 0 Å². The minimum atomic E-state index is -2.96. The number of aryl methyl sites for hydroxylation is 3. The number of hydrogen-bond donors (Lipinski definition) is 1. The average molecular weight is 365 g/mol. The van der Waals surface area contributed by atoms with E-state index in [0.29, 0.717) is 30.5 Å². The van der Waals surface area contributed by atoms with E-state index in [-0.39, 0.29) is 5.75 Å². The zero-order valence-electron chi connectivity index (χ0n) is 15.4. The van der Waals surface area contributed by atoms with Crippen molar-refractivity contribution in [2.24, 2.45) is 0 Å². The first kappa shape index (κ1) is 18.2. The highest BCUT2D eigenvalue weighted by molar-refractivity contribution is 7.91. The average Bonchev–Trinajstić information content (AvgIpc) is 3.32. The van der Waals surface area contributed by atoms with Crippen molar-refractivity contribution in [3.05, 3.63) is 17.1 Å². The van der Waals surface area contributed by atoms with Gasteiger partial charge in [-0.3, -0.25) is 0 Å². The Kier molecular flexibility index (Phi) is 5.04. The maximum absolute atomic E-state index is 12.1. The summed E-state index contributed by atoms with van der Waals surface area (Å²) in [7, 11) is -2.96. The lowest BCUT2D eigenvalue weighted by molar-refractivity contribution is 0.581. The second kappa shape index (κ2) is 6.94. The van der Waals surface area contributed by atoms with E-state index >= 15 is 0 Å². The fraction of sp³-hybridized carbons (Fsp3) is 0.667. The molecule has 0 saturated heterocycles. The van der Waals surface area contributed by atoms with E-state index in [2.05, 4.69) is 9.55 Å². The Morgan fingerprint density at radius 3 is 2.48 bits per heavy atom. The molecular weight excluding hydrogens is 336 g/mol. The van der Waals surface area contributed by atoms with Crippen molar-refractivity contribution < 1.29 is 8.42 Å². The molecule has 1 fully saturated rings. The van der Waals surface area contributed by atoms with Crippen molar-refractivity contribution in [1.29, 1.82) is 0 Å². The van der Waals surface area contributed by atoms with Crippen LogP contribution in [0.1, 0.15) is 62.0 Å². The maximum atomic E-state index is 12.1. The molecular formula is C18H28N4O2S. The predicted molar refractivity (Wildman–Crippen MR) is 102 cm³/mol. The van der Waals surface area contributed by atoms with E-state index in [0.717, 1.165) is 53.8 Å². The van der Waals surface area contributed by atoms with E-state index in [4.69, 9.17) is 10.7 Å². The van der Waals surface area contributed by atoms with E-state index < -0.39 is 9.84 Å². The van der Waals surface area contributed by atoms with E-state index in [1.807, 2.05) is 20.8 Å². The standard InChI is InChI=1S/C18H28N4O2S/c1-4-5-10-25(23,24)11-6-9-22-16-12(2)13(3)20-17(19)15(16)21-18(22)14-7-8-14/h14H,4-11H2,1-3H3,(H2,19,20). The Morgan fingerprint density at radius 1 is 1.16 bits per heavy atom. The van der Waals surface area contributed by atoms with Crippen LogP contribution < -0.4 is 5.73 Å². The monoisotopic (exact) mass is 364 g/mol. The number of sulfone groups is 1. The van der Waals surface area contributed by atoms with E-state index in [9.17, 15) is 8.42 Å². The summed E-state index contributed by atoms with van der Waals surface area (Å²) in [6.45, 7) is 6.67. The summed E-state index contributed by atoms with van der Waals surface area (Å²) in [5.74, 6) is 2.51. The fourth-order valence-electron chi connectivity index (χ4n) is 3.31. The number of nitrogens with two attached hydrogens (primary N) is 1. The number of rotatable bonds is 8. The van der Waals surface area contributed by atoms with Crippen LogP contribution in [-0.4, -0.2) is 34.5 Å². The van der Waals surface area contributed by atoms with Crippen molar-refractivity contribution >= 4 is 26.7 Å². The Bertz CT molecular complexity index is 882. The number of aromatic nitrogens is 3. The Morgan fingerprint density at radius 2 is 1.84 bits per heavy atom. The van der Waals surface area contributed by atoms with Gasteiger partial charge in [0.2, 0.25) is 0 Å². The minimum absolute atomic E-state index is 0.232. The number of hydrogen-bond acceptors (Lipinski definition) is 5. The van der Waals surface area contributed by atoms with Crippen LogP contribution in [0.5, 0.6) is 0 Å². The van der Waals surface area contributed by atoms with Crippen molar-refractivity contribution in [3.8, 4) is 0 Å². The molecule has 0 spiro atoms. The number of pyridine rings is 1. The molecule has 2 aromatic heterocycles. The molecule has 0 aliphatic heterocycles. The molecule has 0 radical (unpaired) electrons. The summed E-state index contributed by atoms with van der Waals surface area (Å²) in [5, 5.41) is 0. The third-order valence-electron chi connectivity index (χ3n) is 5.01. The quantitative estimate of drug-likeness (QED) is 0.777. The van der Waals surface area contributed by atoms with Gasteiger partial charge in [0.15, 0.2) is 5.82 Å². The number of fused-ring (bicyclic) bond motifs is 1. The van der Waals surface area contributed by atoms with Gasteiger partial charge in [0, 0.05) is 18.2 Å². The molecule has 1 aliphatic rings. The molecule has 0 atom stereocenters. The number of unbranched alkanes of at least 4 members (excludes halogenated alkanes) is 1. The number of imidazole rings is 1. The molecule has 0 amide bonds. The minimum Gasteiger partial charge on any atom is -0.382 e. The first-order valence-corrected chi connectivity index (χ1v) is 11.0. The molecule has 1 saturated carbocycles. The Hall–Kier alpha value is -1.63. The van der Waals surface area contributed by atoms with Gasteiger partial charge >= 0.3 is 0 Å². The van der Waals surface area contributed by atoms with Crippen LogP contribution in [0.3, 0.4) is 0 Å². The summed E-state index contributed by atoms with van der Waals surface area (Å²) in [6.07, 6.45) is 4.54. The largest absolute Gasteiger partial charge is 0.382 e. The van der Waals surface area contributed by atoms with Gasteiger partial charge in [-0.15, -0.1) is 0 Å². The van der Waals surface area contributed by atoms with Crippen LogP contribution in [0.4, 0.5) is 5.82 Å². The maximum Gasteiger partial charge on any atom is 0.151 e. The van der Waals surface area contributed by atoms with Crippen molar-refractivity contribution in [1.82, 2.24) is 14.5 Å². The van der Waals surface area contributed by atoms with Gasteiger partial charge in [0.05, 0.1) is 17.0 Å². The molecule has 6 nitrogen and oxygen atoms in total. The highest BCUT2D eigenvalue weighted by Crippen LogP contribution is 2.41. The van der Waals surface area contributed by atoms with Crippen molar-refractivity contribution in [2.45, 2.75) is 65.3 Å². The zero-order valence-corrected chi connectivity index (χ0v) is 16.2. The molecule has 138 valence electrons. The molecule has 2 heterocycles. The molecule has 1 aliphatic carbocycles. The lowest BCUT2D eigenvalue weighted by Gasteiger charge is -2.12. The summed E-state index contributed by atoms with van der Waals surface area (Å²) < 4.78 is 26.5. The summed E-state index contributed by atoms with van der Waals surface area (Å²) in [4.78, 5) is 9.16. The van der Waals surface area contributed by atoms with Gasteiger partial charge in [-0.2, -0.15) is 0 Å². The topological polar surface area (TPSA) is 90.9 Å². The van der Waals surface area contributed by atoms with Gasteiger partial charge in [0.1, 0.15) is 21.2 Å². The van der Waals surface area contributed by atoms with Crippen molar-refractivity contribution in [2.75, 3.05) is 17.2 Å². The second-order valence-electron chi connectivity index (χ2n) is 7.16. The highest BCUT2D eigenvalue weighted by atomic mass is 32.2. The molecule has 0 unspecified atom stereocenters. The van der Waals surface area contributed by atoms with Crippen LogP contribution in [0.15, 0.2) is 0 Å². The van der Waals surface area contributed by atoms with Crippen molar-refractivity contribution in [3.63, 3.8) is 0 Å². The molecule has 7 heteroatoms. The first-order valence-electron chi connectivity index (χ1n) is 9.17. The second-order valence-corrected chi connectivity index (χ2v) is 9.46. The summed E-state index contributed by atoms with van der Waals surface area (Å²) in [5.41, 5.74) is 9.87. The first-order chi connectivity index (χ1) is 11.8. The van der Waals surface area contributed by atoms with Crippen LogP contribution in [0.2, 0.25) is 0 Å². The lowest BCUT2D eigenvalue weighted by atomic mass is 10.2. The number of anilines is 1. The van der Waals surface area contributed by atoms with E-state index in [1.165, 1.54) is 0 Å². The molecule has 0 bridgehead atoms.